The Labute approximate surface area is 204 Å². The van der Waals surface area contributed by atoms with Gasteiger partial charge in [-0.25, -0.2) is 0 Å². The van der Waals surface area contributed by atoms with E-state index in [9.17, 15) is 18.0 Å². The van der Waals surface area contributed by atoms with Gasteiger partial charge in [-0.2, -0.15) is 23.5 Å². The molecule has 2 aromatic heterocycles. The van der Waals surface area contributed by atoms with Gasteiger partial charge in [-0.15, -0.1) is 10.2 Å². The summed E-state index contributed by atoms with van der Waals surface area (Å²) in [6.07, 6.45) is -2.58. The summed E-state index contributed by atoms with van der Waals surface area (Å²) < 4.78 is 49.6. The maximum Gasteiger partial charge on any atom is 0.389 e. The minimum Gasteiger partial charge on any atom is -0.494 e. The predicted molar refractivity (Wildman–Crippen MR) is 120 cm³/mol. The molecule has 192 valence electrons. The molecule has 1 aliphatic carbocycles. The van der Waals surface area contributed by atoms with E-state index >= 15 is 0 Å². The summed E-state index contributed by atoms with van der Waals surface area (Å²) in [7, 11) is 1.63. The molecule has 2 aliphatic rings. The molecule has 2 N–H and O–H groups in total. The number of hydrogen-bond donors (Lipinski definition) is 2. The molecular weight excluding hydrogens is 479 g/mol. The number of nitrogens with one attached hydrogen (secondary N) is 2. The summed E-state index contributed by atoms with van der Waals surface area (Å²) in [6.45, 7) is 1.06. The smallest absolute Gasteiger partial charge is 0.389 e. The van der Waals surface area contributed by atoms with E-state index in [1.807, 2.05) is 12.1 Å². The number of H-pyrrole nitrogens is 1. The third kappa shape index (κ3) is 4.66. The number of nitrogens with zero attached hydrogens (tertiary/aromatic N) is 5. The molecule has 0 saturated heterocycles. The number of aromatic nitrogens is 6. The highest BCUT2D eigenvalue weighted by molar-refractivity contribution is 6.02. The van der Waals surface area contributed by atoms with E-state index in [-0.39, 0.29) is 18.9 Å². The molecule has 0 saturated carbocycles. The zero-order valence-corrected chi connectivity index (χ0v) is 19.7. The number of tetrazole rings is 1. The van der Waals surface area contributed by atoms with E-state index in [0.29, 0.717) is 67.4 Å². The number of aryl methyl sites for hydroxylation is 2. The monoisotopic (exact) mass is 505 g/mol. The van der Waals surface area contributed by atoms with Gasteiger partial charge in [0.2, 0.25) is 5.82 Å². The second kappa shape index (κ2) is 9.52. The van der Waals surface area contributed by atoms with Crippen molar-refractivity contribution >= 4 is 5.91 Å². The van der Waals surface area contributed by atoms with Gasteiger partial charge in [0.15, 0.2) is 0 Å². The molecule has 1 aromatic carbocycles. The third-order valence-corrected chi connectivity index (χ3v) is 6.64. The molecule has 0 fully saturated rings. The number of rotatable bonds is 9. The predicted octanol–water partition coefficient (Wildman–Crippen LogP) is 2.95. The molecule has 3 heterocycles. The van der Waals surface area contributed by atoms with Gasteiger partial charge in [-0.1, -0.05) is 6.07 Å². The minimum atomic E-state index is -4.19. The number of benzene rings is 1. The highest BCUT2D eigenvalue weighted by atomic mass is 19.4. The van der Waals surface area contributed by atoms with E-state index in [1.54, 1.807) is 17.9 Å². The minimum absolute atomic E-state index is 0.0110. The molecule has 10 nitrogen and oxygen atoms in total. The molecule has 1 spiro atoms. The summed E-state index contributed by atoms with van der Waals surface area (Å²) in [4.78, 5) is 13.4. The number of aromatic amines is 1. The number of amides is 1. The number of ether oxygens (including phenoxy) is 2. The highest BCUT2D eigenvalue weighted by Crippen LogP contribution is 2.44. The number of methoxy groups -OCH3 is 1. The standard InChI is InChI=1S/C23H26F3N7O3/c1-35-10-3-9-33-19(20-28-31-32-29-20)18-17(30-33)13-22(27-21(18)34)8-6-14-12-15(4-5-16(14)22)36-11-2-7-23(24,25)26/h4-5,12H,2-3,6-11,13H2,1H3,(H,27,34)(H,28,29,31,32)/t22-/m0/s1. The molecule has 5 rings (SSSR count). The lowest BCUT2D eigenvalue weighted by molar-refractivity contribution is -0.136. The van der Waals surface area contributed by atoms with Gasteiger partial charge in [-0.3, -0.25) is 9.48 Å². The van der Waals surface area contributed by atoms with Crippen LogP contribution < -0.4 is 10.1 Å². The van der Waals surface area contributed by atoms with Crippen LogP contribution in [0.2, 0.25) is 0 Å². The Morgan fingerprint density at radius 1 is 1.22 bits per heavy atom. The topological polar surface area (TPSA) is 120 Å². The van der Waals surface area contributed by atoms with Gasteiger partial charge >= 0.3 is 6.18 Å². The number of hydrogen-bond acceptors (Lipinski definition) is 7. The van der Waals surface area contributed by atoms with Crippen LogP contribution in [-0.4, -0.2) is 62.8 Å². The molecule has 36 heavy (non-hydrogen) atoms. The summed E-state index contributed by atoms with van der Waals surface area (Å²) in [6, 6.07) is 5.49. The summed E-state index contributed by atoms with van der Waals surface area (Å²) >= 11 is 0. The molecule has 1 amide bonds. The normalized spacial score (nSPS) is 18.8. The second-order valence-corrected chi connectivity index (χ2v) is 9.07. The SMILES string of the molecule is COCCCn1nc2c(c1-c1nn[nH]n1)C(=O)N[C@@]1(CCc3cc(OCCCC(F)(F)F)ccc31)C2. The average molecular weight is 506 g/mol. The Morgan fingerprint density at radius 3 is 2.83 bits per heavy atom. The van der Waals surface area contributed by atoms with Gasteiger partial charge in [0.25, 0.3) is 5.91 Å². The van der Waals surface area contributed by atoms with Crippen molar-refractivity contribution in [3.8, 4) is 17.3 Å². The van der Waals surface area contributed by atoms with Crippen LogP contribution in [0.4, 0.5) is 13.2 Å². The molecule has 3 aromatic rings. The van der Waals surface area contributed by atoms with Crippen molar-refractivity contribution in [1.82, 2.24) is 35.7 Å². The van der Waals surface area contributed by atoms with Gasteiger partial charge in [0, 0.05) is 33.1 Å². The van der Waals surface area contributed by atoms with E-state index < -0.39 is 18.1 Å². The first-order chi connectivity index (χ1) is 17.3. The van der Waals surface area contributed by atoms with E-state index in [2.05, 4.69) is 25.9 Å². The Bertz CT molecular complexity index is 1240. The highest BCUT2D eigenvalue weighted by Gasteiger charge is 2.46. The Kier molecular flexibility index (Phi) is 6.41. The largest absolute Gasteiger partial charge is 0.494 e. The first-order valence-electron chi connectivity index (χ1n) is 11.8. The molecular formula is C23H26F3N7O3. The third-order valence-electron chi connectivity index (χ3n) is 6.64. The number of halogens is 3. The molecule has 0 radical (unpaired) electrons. The van der Waals surface area contributed by atoms with Gasteiger partial charge in [-0.05, 0) is 54.2 Å². The van der Waals surface area contributed by atoms with Crippen LogP contribution in [0.15, 0.2) is 18.2 Å². The number of alkyl halides is 3. The summed E-state index contributed by atoms with van der Waals surface area (Å²) in [5, 5.41) is 22.2. The van der Waals surface area contributed by atoms with Crippen molar-refractivity contribution in [3.05, 3.63) is 40.6 Å². The van der Waals surface area contributed by atoms with Crippen LogP contribution in [0.1, 0.15) is 52.9 Å². The zero-order chi connectivity index (χ0) is 25.3. The van der Waals surface area contributed by atoms with Crippen molar-refractivity contribution < 1.29 is 27.4 Å². The number of fused-ring (bicyclic) bond motifs is 3. The first-order valence-corrected chi connectivity index (χ1v) is 11.8. The van der Waals surface area contributed by atoms with Crippen molar-refractivity contribution in [2.75, 3.05) is 20.3 Å². The Balaban J connectivity index is 1.39. The van der Waals surface area contributed by atoms with Gasteiger partial charge in [0.1, 0.15) is 11.4 Å². The van der Waals surface area contributed by atoms with E-state index in [1.165, 1.54) is 0 Å². The fourth-order valence-electron chi connectivity index (χ4n) is 5.09. The lowest BCUT2D eigenvalue weighted by Gasteiger charge is -2.35. The maximum absolute atomic E-state index is 13.4. The van der Waals surface area contributed by atoms with Crippen molar-refractivity contribution in [2.45, 2.75) is 56.8 Å². The van der Waals surface area contributed by atoms with Crippen molar-refractivity contribution in [2.24, 2.45) is 0 Å². The van der Waals surface area contributed by atoms with Crippen LogP contribution in [0.25, 0.3) is 11.5 Å². The van der Waals surface area contributed by atoms with Crippen LogP contribution in [0, 0.1) is 0 Å². The first kappa shape index (κ1) is 24.2. The van der Waals surface area contributed by atoms with Crippen LogP contribution in [0.5, 0.6) is 5.75 Å². The van der Waals surface area contributed by atoms with Crippen molar-refractivity contribution in [1.29, 1.82) is 0 Å². The fourth-order valence-corrected chi connectivity index (χ4v) is 5.09. The fraction of sp³-hybridized carbons (Fsp3) is 0.522. The molecule has 0 bridgehead atoms. The lowest BCUT2D eigenvalue weighted by atomic mass is 9.82. The molecule has 1 atom stereocenters. The summed E-state index contributed by atoms with van der Waals surface area (Å²) in [5.41, 5.74) is 2.98. The van der Waals surface area contributed by atoms with Crippen LogP contribution in [-0.2, 0) is 29.7 Å². The Hall–Kier alpha value is -3.48. The summed E-state index contributed by atoms with van der Waals surface area (Å²) in [5.74, 6) is 0.568. The second-order valence-electron chi connectivity index (χ2n) is 9.07. The van der Waals surface area contributed by atoms with Gasteiger partial charge < -0.3 is 14.8 Å². The molecule has 1 aliphatic heterocycles. The molecule has 13 heteroatoms. The quantitative estimate of drug-likeness (QED) is 0.429. The lowest BCUT2D eigenvalue weighted by Crippen LogP contribution is -2.49. The van der Waals surface area contributed by atoms with E-state index in [4.69, 9.17) is 14.6 Å². The number of carbonyl (C=O) groups excluding carboxylic acids is 1. The maximum atomic E-state index is 13.4. The van der Waals surface area contributed by atoms with E-state index in [0.717, 1.165) is 11.1 Å². The Morgan fingerprint density at radius 2 is 2.08 bits per heavy atom. The van der Waals surface area contributed by atoms with Crippen molar-refractivity contribution in [3.63, 3.8) is 0 Å². The number of carbonyl (C=O) groups is 1. The van der Waals surface area contributed by atoms with Gasteiger partial charge in [0.05, 0.1) is 23.4 Å². The van der Waals surface area contributed by atoms with Crippen LogP contribution in [0.3, 0.4) is 0 Å². The van der Waals surface area contributed by atoms with Crippen LogP contribution >= 0.6 is 0 Å². The molecule has 0 unspecified atom stereocenters. The zero-order valence-electron chi connectivity index (χ0n) is 19.7. The average Bonchev–Trinajstić information content (AvgIpc) is 3.55.